The number of carbonyl (C=O) groups is 1. The van der Waals surface area contributed by atoms with E-state index in [-0.39, 0.29) is 12.3 Å². The van der Waals surface area contributed by atoms with Crippen molar-refractivity contribution in [1.82, 2.24) is 4.98 Å². The molecule has 3 aromatic rings. The number of carboxylic acid groups (broad SMARTS) is 1. The molecule has 0 saturated carbocycles. The first-order valence-corrected chi connectivity index (χ1v) is 9.02. The second kappa shape index (κ2) is 9.38. The predicted molar refractivity (Wildman–Crippen MR) is 109 cm³/mol. The Labute approximate surface area is 164 Å². The van der Waals surface area contributed by atoms with E-state index in [4.69, 9.17) is 9.84 Å². The molecular formula is C24H21NO3. The highest BCUT2D eigenvalue weighted by molar-refractivity contribution is 5.69. The zero-order chi connectivity index (χ0) is 19.8. The van der Waals surface area contributed by atoms with Crippen LogP contribution in [-0.2, 0) is 11.4 Å². The largest absolute Gasteiger partial charge is 0.489 e. The summed E-state index contributed by atoms with van der Waals surface area (Å²) in [5.74, 6) is 5.32. The molecular weight excluding hydrogens is 350 g/mol. The van der Waals surface area contributed by atoms with E-state index in [0.29, 0.717) is 6.61 Å². The molecule has 140 valence electrons. The molecule has 1 unspecified atom stereocenters. The molecule has 4 nitrogen and oxygen atoms in total. The average molecular weight is 371 g/mol. The average Bonchev–Trinajstić information content (AvgIpc) is 2.73. The molecule has 0 aliphatic carbocycles. The van der Waals surface area contributed by atoms with Gasteiger partial charge in [-0.05, 0) is 47.4 Å². The van der Waals surface area contributed by atoms with Crippen molar-refractivity contribution in [3.05, 3.63) is 84.2 Å². The molecule has 0 bridgehead atoms. The first kappa shape index (κ1) is 19.2. The number of aromatic nitrogens is 1. The number of benzene rings is 2. The molecule has 28 heavy (non-hydrogen) atoms. The van der Waals surface area contributed by atoms with Gasteiger partial charge in [0.2, 0.25) is 0 Å². The van der Waals surface area contributed by atoms with Crippen molar-refractivity contribution in [3.63, 3.8) is 0 Å². The van der Waals surface area contributed by atoms with Crippen LogP contribution in [0.2, 0.25) is 0 Å². The minimum atomic E-state index is -0.859. The molecule has 0 radical (unpaired) electrons. The SMILES string of the molecule is CC#CC(CC(=O)O)c1ccc(OCc2ccc(-c3cccnc3)cc2)cc1. The van der Waals surface area contributed by atoms with E-state index >= 15 is 0 Å². The van der Waals surface area contributed by atoms with Crippen molar-refractivity contribution < 1.29 is 14.6 Å². The molecule has 1 atom stereocenters. The number of rotatable bonds is 7. The van der Waals surface area contributed by atoms with Gasteiger partial charge in [-0.2, -0.15) is 0 Å². The fourth-order valence-corrected chi connectivity index (χ4v) is 2.89. The van der Waals surface area contributed by atoms with Gasteiger partial charge in [0.1, 0.15) is 12.4 Å². The highest BCUT2D eigenvalue weighted by Gasteiger charge is 2.13. The summed E-state index contributed by atoms with van der Waals surface area (Å²) in [5, 5.41) is 9.03. The Morgan fingerprint density at radius 2 is 1.82 bits per heavy atom. The summed E-state index contributed by atoms with van der Waals surface area (Å²) < 4.78 is 5.85. The van der Waals surface area contributed by atoms with Crippen molar-refractivity contribution >= 4 is 5.97 Å². The molecule has 3 rings (SSSR count). The van der Waals surface area contributed by atoms with Crippen molar-refractivity contribution in [2.45, 2.75) is 25.9 Å². The zero-order valence-corrected chi connectivity index (χ0v) is 15.6. The standard InChI is InChI=1S/C24H21NO3/c1-2-4-21(15-24(26)27)19-10-12-23(13-11-19)28-17-18-6-8-20(9-7-18)22-5-3-14-25-16-22/h3,5-14,16,21H,15,17H2,1H3,(H,26,27). The summed E-state index contributed by atoms with van der Waals surface area (Å²) in [6.45, 7) is 2.17. The molecule has 0 amide bonds. The van der Waals surface area contributed by atoms with Gasteiger partial charge in [-0.15, -0.1) is 5.92 Å². The van der Waals surface area contributed by atoms with Crippen molar-refractivity contribution in [3.8, 4) is 28.7 Å². The lowest BCUT2D eigenvalue weighted by Crippen LogP contribution is -2.04. The molecule has 1 heterocycles. The fraction of sp³-hybridized carbons (Fsp3) is 0.167. The summed E-state index contributed by atoms with van der Waals surface area (Å²) in [6.07, 6.45) is 3.59. The normalized spacial score (nSPS) is 11.2. The topological polar surface area (TPSA) is 59.4 Å². The molecule has 1 N–H and O–H groups in total. The number of aliphatic carboxylic acids is 1. The van der Waals surface area contributed by atoms with Gasteiger partial charge in [-0.1, -0.05) is 48.4 Å². The maximum Gasteiger partial charge on any atom is 0.304 e. The van der Waals surface area contributed by atoms with Crippen LogP contribution in [0.4, 0.5) is 0 Å². The molecule has 0 aliphatic rings. The van der Waals surface area contributed by atoms with Gasteiger partial charge in [0, 0.05) is 12.4 Å². The van der Waals surface area contributed by atoms with Gasteiger partial charge >= 0.3 is 5.97 Å². The first-order valence-electron chi connectivity index (χ1n) is 9.02. The summed E-state index contributed by atoms with van der Waals surface area (Å²) in [6, 6.07) is 19.6. The van der Waals surface area contributed by atoms with E-state index in [2.05, 4.69) is 29.0 Å². The van der Waals surface area contributed by atoms with Crippen molar-refractivity contribution in [2.75, 3.05) is 0 Å². The zero-order valence-electron chi connectivity index (χ0n) is 15.6. The molecule has 0 saturated heterocycles. The maximum atomic E-state index is 11.0. The molecule has 4 heteroatoms. The highest BCUT2D eigenvalue weighted by atomic mass is 16.5. The lowest BCUT2D eigenvalue weighted by atomic mass is 9.96. The maximum absolute atomic E-state index is 11.0. The van der Waals surface area contributed by atoms with Crippen molar-refractivity contribution in [1.29, 1.82) is 0 Å². The number of pyridine rings is 1. The third-order valence-electron chi connectivity index (χ3n) is 4.33. The van der Waals surface area contributed by atoms with E-state index in [1.807, 2.05) is 54.7 Å². The Morgan fingerprint density at radius 1 is 1.07 bits per heavy atom. The monoisotopic (exact) mass is 371 g/mol. The third-order valence-corrected chi connectivity index (χ3v) is 4.33. The Kier molecular flexibility index (Phi) is 6.43. The van der Waals surface area contributed by atoms with Gasteiger partial charge in [-0.3, -0.25) is 9.78 Å². The highest BCUT2D eigenvalue weighted by Crippen LogP contribution is 2.23. The van der Waals surface area contributed by atoms with Gasteiger partial charge in [-0.25, -0.2) is 0 Å². The Balaban J connectivity index is 1.61. The minimum absolute atomic E-state index is 0.00960. The number of carboxylic acids is 1. The quantitative estimate of drug-likeness (QED) is 0.600. The van der Waals surface area contributed by atoms with Crippen LogP contribution in [0, 0.1) is 11.8 Å². The van der Waals surface area contributed by atoms with Crippen LogP contribution in [0.25, 0.3) is 11.1 Å². The molecule has 0 fully saturated rings. The second-order valence-corrected chi connectivity index (χ2v) is 6.34. The Bertz CT molecular complexity index is 968. The van der Waals surface area contributed by atoms with E-state index in [0.717, 1.165) is 28.0 Å². The van der Waals surface area contributed by atoms with Gasteiger partial charge < -0.3 is 9.84 Å². The first-order chi connectivity index (χ1) is 13.7. The van der Waals surface area contributed by atoms with Crippen LogP contribution in [0.15, 0.2) is 73.1 Å². The van der Waals surface area contributed by atoms with Gasteiger partial charge in [0.25, 0.3) is 0 Å². The lowest BCUT2D eigenvalue weighted by molar-refractivity contribution is -0.137. The fourth-order valence-electron chi connectivity index (χ4n) is 2.89. The van der Waals surface area contributed by atoms with Crippen LogP contribution in [0.1, 0.15) is 30.4 Å². The molecule has 0 spiro atoms. The Hall–Kier alpha value is -3.58. The van der Waals surface area contributed by atoms with Gasteiger partial charge in [0.05, 0.1) is 12.3 Å². The number of ether oxygens (including phenoxy) is 1. The summed E-state index contributed by atoms with van der Waals surface area (Å²) in [4.78, 5) is 15.1. The summed E-state index contributed by atoms with van der Waals surface area (Å²) in [5.41, 5.74) is 4.14. The molecule has 1 aromatic heterocycles. The van der Waals surface area contributed by atoms with Crippen LogP contribution in [-0.4, -0.2) is 16.1 Å². The van der Waals surface area contributed by atoms with E-state index < -0.39 is 5.97 Å². The van der Waals surface area contributed by atoms with Crippen LogP contribution >= 0.6 is 0 Å². The van der Waals surface area contributed by atoms with Crippen molar-refractivity contribution in [2.24, 2.45) is 0 Å². The smallest absolute Gasteiger partial charge is 0.304 e. The number of hydrogen-bond acceptors (Lipinski definition) is 3. The van der Waals surface area contributed by atoms with E-state index in [9.17, 15) is 4.79 Å². The van der Waals surface area contributed by atoms with Crippen LogP contribution < -0.4 is 4.74 Å². The van der Waals surface area contributed by atoms with E-state index in [1.165, 1.54) is 0 Å². The molecule has 2 aromatic carbocycles. The van der Waals surface area contributed by atoms with Crippen LogP contribution in [0.3, 0.4) is 0 Å². The lowest BCUT2D eigenvalue weighted by Gasteiger charge is -2.11. The van der Waals surface area contributed by atoms with Gasteiger partial charge in [0.15, 0.2) is 0 Å². The minimum Gasteiger partial charge on any atom is -0.489 e. The summed E-state index contributed by atoms with van der Waals surface area (Å²) in [7, 11) is 0. The van der Waals surface area contributed by atoms with E-state index in [1.54, 1.807) is 13.1 Å². The Morgan fingerprint density at radius 3 is 2.43 bits per heavy atom. The number of hydrogen-bond donors (Lipinski definition) is 1. The summed E-state index contributed by atoms with van der Waals surface area (Å²) >= 11 is 0. The molecule has 0 aliphatic heterocycles. The van der Waals surface area contributed by atoms with Crippen LogP contribution in [0.5, 0.6) is 5.75 Å². The predicted octanol–water partition coefficient (Wildman–Crippen LogP) is 4.91. The third kappa shape index (κ3) is 5.21. The second-order valence-electron chi connectivity index (χ2n) is 6.34. The number of nitrogens with zero attached hydrogens (tertiary/aromatic N) is 1.